The maximum absolute atomic E-state index is 9.28. The van der Waals surface area contributed by atoms with Gasteiger partial charge < -0.3 is 15.3 Å². The largest absolute Gasteiger partial charge is 0.395 e. The number of piperidine rings is 1. The summed E-state index contributed by atoms with van der Waals surface area (Å²) in [4.78, 5) is 5.00. The summed E-state index contributed by atoms with van der Waals surface area (Å²) in [5.41, 5.74) is 0. The van der Waals surface area contributed by atoms with Crippen molar-refractivity contribution in [3.8, 4) is 0 Å². The molecule has 2 fully saturated rings. The van der Waals surface area contributed by atoms with Crippen LogP contribution in [0.3, 0.4) is 0 Å². The SMILES string of the molecule is CN1CCC(N2CCCNC(CO)C2)CC1. The number of nitrogens with one attached hydrogen (secondary N) is 1. The highest BCUT2D eigenvalue weighted by atomic mass is 16.3. The molecule has 1 unspecified atom stereocenters. The maximum atomic E-state index is 9.28. The Morgan fingerprint density at radius 2 is 2.00 bits per heavy atom. The van der Waals surface area contributed by atoms with Gasteiger partial charge >= 0.3 is 0 Å². The molecule has 0 spiro atoms. The first-order valence-electron chi connectivity index (χ1n) is 6.56. The summed E-state index contributed by atoms with van der Waals surface area (Å²) in [6, 6.07) is 1.02. The first-order valence-corrected chi connectivity index (χ1v) is 6.56. The van der Waals surface area contributed by atoms with E-state index in [1.807, 2.05) is 0 Å². The highest BCUT2D eigenvalue weighted by Gasteiger charge is 2.26. The molecule has 2 rings (SSSR count). The molecule has 1 atom stereocenters. The Bertz CT molecular complexity index is 204. The molecule has 0 aromatic rings. The zero-order valence-corrected chi connectivity index (χ0v) is 10.4. The highest BCUT2D eigenvalue weighted by Crippen LogP contribution is 2.17. The zero-order valence-electron chi connectivity index (χ0n) is 10.4. The van der Waals surface area contributed by atoms with E-state index in [9.17, 15) is 5.11 Å². The van der Waals surface area contributed by atoms with Gasteiger partial charge in [0.1, 0.15) is 0 Å². The summed E-state index contributed by atoms with van der Waals surface area (Å²) < 4.78 is 0. The lowest BCUT2D eigenvalue weighted by molar-refractivity contribution is 0.109. The van der Waals surface area contributed by atoms with Crippen LogP contribution >= 0.6 is 0 Å². The molecule has 0 aliphatic carbocycles. The molecule has 0 radical (unpaired) electrons. The summed E-state index contributed by atoms with van der Waals surface area (Å²) in [6.07, 6.45) is 3.78. The van der Waals surface area contributed by atoms with Gasteiger partial charge in [0.25, 0.3) is 0 Å². The molecule has 94 valence electrons. The zero-order chi connectivity index (χ0) is 11.4. The Balaban J connectivity index is 1.86. The predicted molar refractivity (Wildman–Crippen MR) is 65.6 cm³/mol. The first-order chi connectivity index (χ1) is 7.79. The van der Waals surface area contributed by atoms with Crippen LogP contribution < -0.4 is 5.32 Å². The Hall–Kier alpha value is -0.160. The monoisotopic (exact) mass is 227 g/mol. The number of likely N-dealkylation sites (tertiary alicyclic amines) is 1. The second-order valence-electron chi connectivity index (χ2n) is 5.22. The third-order valence-corrected chi connectivity index (χ3v) is 3.93. The molecule has 2 aliphatic heterocycles. The molecule has 2 aliphatic rings. The third kappa shape index (κ3) is 3.17. The Labute approximate surface area is 98.6 Å². The molecule has 16 heavy (non-hydrogen) atoms. The number of hydrogen-bond donors (Lipinski definition) is 2. The van der Waals surface area contributed by atoms with Crippen LogP contribution in [0.4, 0.5) is 0 Å². The fourth-order valence-corrected chi connectivity index (χ4v) is 2.84. The summed E-state index contributed by atoms with van der Waals surface area (Å²) in [5.74, 6) is 0. The van der Waals surface area contributed by atoms with Crippen molar-refractivity contribution >= 4 is 0 Å². The molecule has 2 heterocycles. The molecule has 0 amide bonds. The minimum atomic E-state index is 0.267. The molecule has 0 aromatic heterocycles. The molecule has 2 saturated heterocycles. The summed E-state index contributed by atoms with van der Waals surface area (Å²) in [5, 5.41) is 12.7. The van der Waals surface area contributed by atoms with E-state index in [1.54, 1.807) is 0 Å². The lowest BCUT2D eigenvalue weighted by Gasteiger charge is -2.37. The summed E-state index contributed by atoms with van der Waals surface area (Å²) in [6.45, 7) is 5.97. The van der Waals surface area contributed by atoms with Gasteiger partial charge in [0.15, 0.2) is 0 Å². The molecule has 0 saturated carbocycles. The van der Waals surface area contributed by atoms with E-state index in [0.29, 0.717) is 0 Å². The van der Waals surface area contributed by atoms with Crippen molar-refractivity contribution in [2.45, 2.75) is 31.3 Å². The van der Waals surface area contributed by atoms with Crippen molar-refractivity contribution in [1.82, 2.24) is 15.1 Å². The number of rotatable bonds is 2. The van der Waals surface area contributed by atoms with E-state index in [-0.39, 0.29) is 12.6 Å². The smallest absolute Gasteiger partial charge is 0.0597 e. The second-order valence-corrected chi connectivity index (χ2v) is 5.22. The van der Waals surface area contributed by atoms with Gasteiger partial charge in [-0.25, -0.2) is 0 Å². The third-order valence-electron chi connectivity index (χ3n) is 3.93. The van der Waals surface area contributed by atoms with E-state index in [4.69, 9.17) is 0 Å². The normalized spacial score (nSPS) is 31.5. The number of aliphatic hydroxyl groups is 1. The van der Waals surface area contributed by atoms with Crippen molar-refractivity contribution in [3.63, 3.8) is 0 Å². The van der Waals surface area contributed by atoms with Crippen LogP contribution in [-0.2, 0) is 0 Å². The Kier molecular flexibility index (Phi) is 4.58. The minimum absolute atomic E-state index is 0.267. The summed E-state index contributed by atoms with van der Waals surface area (Å²) >= 11 is 0. The van der Waals surface area contributed by atoms with Crippen LogP contribution in [-0.4, -0.2) is 73.4 Å². The van der Waals surface area contributed by atoms with Crippen molar-refractivity contribution in [2.75, 3.05) is 46.4 Å². The highest BCUT2D eigenvalue weighted by molar-refractivity contribution is 4.84. The molecule has 2 N–H and O–H groups in total. The van der Waals surface area contributed by atoms with Gasteiger partial charge in [-0.15, -0.1) is 0 Å². The molecular formula is C12H25N3O. The number of nitrogens with zero attached hydrogens (tertiary/aromatic N) is 2. The first kappa shape index (κ1) is 12.3. The van der Waals surface area contributed by atoms with Crippen LogP contribution in [0.15, 0.2) is 0 Å². The maximum Gasteiger partial charge on any atom is 0.0597 e. The molecular weight excluding hydrogens is 202 g/mol. The van der Waals surface area contributed by atoms with E-state index in [1.165, 1.54) is 38.9 Å². The quantitative estimate of drug-likeness (QED) is 0.681. The van der Waals surface area contributed by atoms with Gasteiger partial charge in [-0.2, -0.15) is 0 Å². The van der Waals surface area contributed by atoms with Crippen molar-refractivity contribution in [2.24, 2.45) is 0 Å². The van der Waals surface area contributed by atoms with Gasteiger partial charge in [-0.1, -0.05) is 0 Å². The molecule has 4 nitrogen and oxygen atoms in total. The predicted octanol–water partition coefficient (Wildman–Crippen LogP) is -0.263. The molecule has 4 heteroatoms. The number of aliphatic hydroxyl groups excluding tert-OH is 1. The standard InChI is InChI=1S/C12H25N3O/c1-14-7-3-12(4-8-14)15-6-2-5-13-11(9-15)10-16/h11-13,16H,2-10H2,1H3. The van der Waals surface area contributed by atoms with Crippen LogP contribution in [0.2, 0.25) is 0 Å². The van der Waals surface area contributed by atoms with Gasteiger partial charge in [0.2, 0.25) is 0 Å². The van der Waals surface area contributed by atoms with Gasteiger partial charge in [0.05, 0.1) is 6.61 Å². The topological polar surface area (TPSA) is 38.7 Å². The van der Waals surface area contributed by atoms with Gasteiger partial charge in [-0.05, 0) is 52.5 Å². The van der Waals surface area contributed by atoms with Crippen molar-refractivity contribution in [3.05, 3.63) is 0 Å². The van der Waals surface area contributed by atoms with E-state index < -0.39 is 0 Å². The molecule has 0 aromatic carbocycles. The van der Waals surface area contributed by atoms with E-state index in [0.717, 1.165) is 19.1 Å². The van der Waals surface area contributed by atoms with E-state index in [2.05, 4.69) is 22.2 Å². The van der Waals surface area contributed by atoms with E-state index >= 15 is 0 Å². The fraction of sp³-hybridized carbons (Fsp3) is 1.00. The minimum Gasteiger partial charge on any atom is -0.395 e. The van der Waals surface area contributed by atoms with Crippen LogP contribution in [0.5, 0.6) is 0 Å². The van der Waals surface area contributed by atoms with Crippen molar-refractivity contribution < 1.29 is 5.11 Å². The fourth-order valence-electron chi connectivity index (χ4n) is 2.84. The average Bonchev–Trinajstić information content (AvgIpc) is 2.55. The summed E-state index contributed by atoms with van der Waals surface area (Å²) in [7, 11) is 2.21. The number of hydrogen-bond acceptors (Lipinski definition) is 4. The van der Waals surface area contributed by atoms with Crippen molar-refractivity contribution in [1.29, 1.82) is 0 Å². The van der Waals surface area contributed by atoms with Crippen LogP contribution in [0.1, 0.15) is 19.3 Å². The van der Waals surface area contributed by atoms with Gasteiger partial charge in [-0.3, -0.25) is 4.90 Å². The van der Waals surface area contributed by atoms with Gasteiger partial charge in [0, 0.05) is 18.6 Å². The van der Waals surface area contributed by atoms with Crippen LogP contribution in [0.25, 0.3) is 0 Å². The lowest BCUT2D eigenvalue weighted by atomic mass is 10.0. The van der Waals surface area contributed by atoms with Crippen LogP contribution in [0, 0.1) is 0 Å². The second kappa shape index (κ2) is 5.96. The average molecular weight is 227 g/mol. The Morgan fingerprint density at radius 3 is 2.69 bits per heavy atom. The lowest BCUT2D eigenvalue weighted by Crippen LogP contribution is -2.48. The Morgan fingerprint density at radius 1 is 1.25 bits per heavy atom. The molecule has 0 bridgehead atoms.